The van der Waals surface area contributed by atoms with Crippen LogP contribution < -0.4 is 11.1 Å². The average Bonchev–Trinajstić information content (AvgIpc) is 2.33. The quantitative estimate of drug-likeness (QED) is 0.834. The first-order chi connectivity index (χ1) is 8.97. The van der Waals surface area contributed by atoms with E-state index in [1.807, 2.05) is 32.0 Å². The first-order valence-corrected chi connectivity index (χ1v) is 6.57. The summed E-state index contributed by atoms with van der Waals surface area (Å²) < 4.78 is 0.756. The van der Waals surface area contributed by atoms with Gasteiger partial charge in [0.1, 0.15) is 5.69 Å². The molecule has 0 radical (unpaired) electrons. The average molecular weight is 320 g/mol. The van der Waals surface area contributed by atoms with E-state index in [0.29, 0.717) is 17.1 Å². The number of carbonyl (C=O) groups is 1. The third-order valence-corrected chi connectivity index (χ3v) is 3.25. The van der Waals surface area contributed by atoms with Crippen molar-refractivity contribution in [2.75, 3.05) is 11.1 Å². The molecule has 1 aromatic heterocycles. The first-order valence-electron chi connectivity index (χ1n) is 5.78. The van der Waals surface area contributed by atoms with Crippen molar-refractivity contribution < 1.29 is 4.79 Å². The standard InChI is InChI=1S/C14H14BrN3O/c1-8-6-10(15)13(11(16)7-8)18-14(19)12-5-3-4-9(2)17-12/h3-7H,16H2,1-2H3,(H,18,19). The van der Waals surface area contributed by atoms with Gasteiger partial charge >= 0.3 is 0 Å². The number of rotatable bonds is 2. The molecule has 0 aliphatic rings. The Kier molecular flexibility index (Phi) is 3.85. The molecule has 19 heavy (non-hydrogen) atoms. The Hall–Kier alpha value is -1.88. The van der Waals surface area contributed by atoms with Gasteiger partial charge in [0.05, 0.1) is 11.4 Å². The Morgan fingerprint density at radius 2 is 2.05 bits per heavy atom. The number of nitrogen functional groups attached to an aromatic ring is 1. The second-order valence-electron chi connectivity index (χ2n) is 4.33. The van der Waals surface area contributed by atoms with Gasteiger partial charge in [-0.1, -0.05) is 6.07 Å². The Labute approximate surface area is 120 Å². The Morgan fingerprint density at radius 1 is 1.32 bits per heavy atom. The molecule has 0 saturated heterocycles. The van der Waals surface area contributed by atoms with Crippen LogP contribution >= 0.6 is 15.9 Å². The second-order valence-corrected chi connectivity index (χ2v) is 5.18. The van der Waals surface area contributed by atoms with Crippen molar-refractivity contribution in [3.63, 3.8) is 0 Å². The third-order valence-electron chi connectivity index (χ3n) is 2.62. The van der Waals surface area contributed by atoms with Crippen LogP contribution in [0.15, 0.2) is 34.8 Å². The summed E-state index contributed by atoms with van der Waals surface area (Å²) in [4.78, 5) is 16.3. The molecule has 0 saturated carbocycles. The molecule has 1 aromatic carbocycles. The van der Waals surface area contributed by atoms with Crippen molar-refractivity contribution in [1.82, 2.24) is 4.98 Å². The van der Waals surface area contributed by atoms with Crippen LogP contribution in [0, 0.1) is 13.8 Å². The van der Waals surface area contributed by atoms with Gasteiger partial charge in [-0.25, -0.2) is 4.98 Å². The molecular weight excluding hydrogens is 306 g/mol. The number of hydrogen-bond donors (Lipinski definition) is 2. The highest BCUT2D eigenvalue weighted by molar-refractivity contribution is 9.10. The highest BCUT2D eigenvalue weighted by Crippen LogP contribution is 2.30. The lowest BCUT2D eigenvalue weighted by atomic mass is 10.2. The van der Waals surface area contributed by atoms with Crippen molar-refractivity contribution in [3.05, 3.63) is 51.8 Å². The van der Waals surface area contributed by atoms with Crippen molar-refractivity contribution in [1.29, 1.82) is 0 Å². The number of nitrogens with one attached hydrogen (secondary N) is 1. The number of benzene rings is 1. The molecule has 5 heteroatoms. The van der Waals surface area contributed by atoms with E-state index in [0.717, 1.165) is 15.7 Å². The molecule has 0 aliphatic carbocycles. The number of amides is 1. The fourth-order valence-electron chi connectivity index (χ4n) is 1.75. The smallest absolute Gasteiger partial charge is 0.274 e. The number of aromatic nitrogens is 1. The fraction of sp³-hybridized carbons (Fsp3) is 0.143. The predicted molar refractivity (Wildman–Crippen MR) is 80.2 cm³/mol. The SMILES string of the molecule is Cc1cc(N)c(NC(=O)c2cccc(C)n2)c(Br)c1. The minimum absolute atomic E-state index is 0.278. The van der Waals surface area contributed by atoms with Crippen LogP contribution in [0.4, 0.5) is 11.4 Å². The molecule has 1 amide bonds. The molecule has 0 spiro atoms. The molecule has 0 unspecified atom stereocenters. The zero-order valence-corrected chi connectivity index (χ0v) is 12.3. The normalized spacial score (nSPS) is 10.3. The molecule has 3 N–H and O–H groups in total. The van der Waals surface area contributed by atoms with E-state index in [2.05, 4.69) is 26.2 Å². The molecule has 0 fully saturated rings. The van der Waals surface area contributed by atoms with Crippen LogP contribution in [0.1, 0.15) is 21.7 Å². The van der Waals surface area contributed by atoms with Crippen molar-refractivity contribution in [3.8, 4) is 0 Å². The van der Waals surface area contributed by atoms with E-state index in [4.69, 9.17) is 5.73 Å². The first kappa shape index (κ1) is 13.5. The summed E-state index contributed by atoms with van der Waals surface area (Å²) >= 11 is 3.40. The van der Waals surface area contributed by atoms with Gasteiger partial charge in [0.15, 0.2) is 0 Å². The second kappa shape index (κ2) is 5.40. The molecular formula is C14H14BrN3O. The number of carbonyl (C=O) groups excluding carboxylic acids is 1. The number of nitrogens with two attached hydrogens (primary N) is 1. The van der Waals surface area contributed by atoms with Crippen molar-refractivity contribution in [2.24, 2.45) is 0 Å². The van der Waals surface area contributed by atoms with Crippen molar-refractivity contribution >= 4 is 33.2 Å². The lowest BCUT2D eigenvalue weighted by molar-refractivity contribution is 0.102. The number of pyridine rings is 1. The molecule has 0 aliphatic heterocycles. The topological polar surface area (TPSA) is 68.0 Å². The van der Waals surface area contributed by atoms with E-state index >= 15 is 0 Å². The van der Waals surface area contributed by atoms with Gasteiger partial charge in [0.2, 0.25) is 0 Å². The molecule has 0 bridgehead atoms. The van der Waals surface area contributed by atoms with Crippen LogP contribution in [0.5, 0.6) is 0 Å². The maximum atomic E-state index is 12.1. The summed E-state index contributed by atoms with van der Waals surface area (Å²) in [6.07, 6.45) is 0. The largest absolute Gasteiger partial charge is 0.397 e. The Balaban J connectivity index is 2.29. The number of nitrogens with zero attached hydrogens (tertiary/aromatic N) is 1. The van der Waals surface area contributed by atoms with Gasteiger partial charge < -0.3 is 11.1 Å². The zero-order valence-electron chi connectivity index (χ0n) is 10.7. The van der Waals surface area contributed by atoms with Crippen LogP contribution in [0.25, 0.3) is 0 Å². The van der Waals surface area contributed by atoms with Gasteiger partial charge in [-0.3, -0.25) is 4.79 Å². The summed E-state index contributed by atoms with van der Waals surface area (Å²) in [5.74, 6) is -0.278. The predicted octanol–water partition coefficient (Wildman–Crippen LogP) is 3.30. The maximum Gasteiger partial charge on any atom is 0.274 e. The highest BCUT2D eigenvalue weighted by Gasteiger charge is 2.12. The summed E-state index contributed by atoms with van der Waals surface area (Å²) in [6.45, 7) is 3.78. The number of anilines is 2. The van der Waals surface area contributed by atoms with Gasteiger partial charge in [-0.05, 0) is 59.6 Å². The Morgan fingerprint density at radius 3 is 2.68 bits per heavy atom. The lowest BCUT2D eigenvalue weighted by Gasteiger charge is -2.11. The highest BCUT2D eigenvalue weighted by atomic mass is 79.9. The summed E-state index contributed by atoms with van der Waals surface area (Å²) in [7, 11) is 0. The van der Waals surface area contributed by atoms with E-state index in [1.165, 1.54) is 0 Å². The van der Waals surface area contributed by atoms with Gasteiger partial charge in [-0.15, -0.1) is 0 Å². The summed E-state index contributed by atoms with van der Waals surface area (Å²) in [6, 6.07) is 9.01. The summed E-state index contributed by atoms with van der Waals surface area (Å²) in [5.41, 5.74) is 9.19. The molecule has 98 valence electrons. The minimum atomic E-state index is -0.278. The lowest BCUT2D eigenvalue weighted by Crippen LogP contribution is -2.15. The molecule has 1 heterocycles. The molecule has 0 atom stereocenters. The van der Waals surface area contributed by atoms with Gasteiger partial charge in [-0.2, -0.15) is 0 Å². The van der Waals surface area contributed by atoms with Crippen LogP contribution in [0.2, 0.25) is 0 Å². The van der Waals surface area contributed by atoms with Gasteiger partial charge in [0, 0.05) is 10.2 Å². The summed E-state index contributed by atoms with van der Waals surface area (Å²) in [5, 5.41) is 2.78. The molecule has 2 aromatic rings. The number of hydrogen-bond acceptors (Lipinski definition) is 3. The van der Waals surface area contributed by atoms with Gasteiger partial charge in [0.25, 0.3) is 5.91 Å². The third kappa shape index (κ3) is 3.12. The van der Waals surface area contributed by atoms with E-state index < -0.39 is 0 Å². The number of halogens is 1. The van der Waals surface area contributed by atoms with E-state index in [1.54, 1.807) is 12.1 Å². The van der Waals surface area contributed by atoms with E-state index in [-0.39, 0.29) is 5.91 Å². The zero-order chi connectivity index (χ0) is 14.0. The maximum absolute atomic E-state index is 12.1. The van der Waals surface area contributed by atoms with Crippen LogP contribution in [0.3, 0.4) is 0 Å². The van der Waals surface area contributed by atoms with Crippen LogP contribution in [-0.4, -0.2) is 10.9 Å². The number of aryl methyl sites for hydroxylation is 2. The molecule has 2 rings (SSSR count). The minimum Gasteiger partial charge on any atom is -0.397 e. The Bertz CT molecular complexity index is 617. The molecule has 4 nitrogen and oxygen atoms in total. The van der Waals surface area contributed by atoms with E-state index in [9.17, 15) is 4.79 Å². The van der Waals surface area contributed by atoms with Crippen molar-refractivity contribution in [2.45, 2.75) is 13.8 Å². The van der Waals surface area contributed by atoms with Crippen LogP contribution in [-0.2, 0) is 0 Å². The monoisotopic (exact) mass is 319 g/mol. The fourth-order valence-corrected chi connectivity index (χ4v) is 2.44.